The number of hydrogen-bond acceptors (Lipinski definition) is 3. The molecule has 2 N–H and O–H groups in total. The maximum absolute atomic E-state index is 13.7. The number of carbonyl (C=O) groups is 1. The van der Waals surface area contributed by atoms with Crippen LogP contribution in [0.1, 0.15) is 124 Å². The Morgan fingerprint density at radius 2 is 1.53 bits per heavy atom. The number of nitrogens with zero attached hydrogens (tertiary/aromatic N) is 2. The van der Waals surface area contributed by atoms with Crippen molar-refractivity contribution in [1.82, 2.24) is 14.9 Å². The van der Waals surface area contributed by atoms with Crippen molar-refractivity contribution in [2.45, 2.75) is 115 Å². The second-order valence-corrected chi connectivity index (χ2v) is 18.2. The van der Waals surface area contributed by atoms with E-state index in [2.05, 4.69) is 58.4 Å². The molecule has 1 saturated heterocycles. The summed E-state index contributed by atoms with van der Waals surface area (Å²) in [6, 6.07) is 21.6. The quantitative estimate of drug-likeness (QED) is 0.217. The van der Waals surface area contributed by atoms with Crippen LogP contribution < -0.4 is 0 Å². The Morgan fingerprint density at radius 3 is 2.28 bits per heavy atom. The molecule has 5 nitrogen and oxygen atoms in total. The molecule has 53 heavy (non-hydrogen) atoms. The molecule has 1 amide bonds. The maximum atomic E-state index is 13.7. The van der Waals surface area contributed by atoms with Crippen molar-refractivity contribution < 1.29 is 9.90 Å². The smallest absolute Gasteiger partial charge is 0.227 e. The summed E-state index contributed by atoms with van der Waals surface area (Å²) in [6.45, 7) is 5.60. The van der Waals surface area contributed by atoms with Gasteiger partial charge < -0.3 is 15.0 Å². The van der Waals surface area contributed by atoms with Crippen LogP contribution in [0.4, 0.5) is 0 Å². The van der Waals surface area contributed by atoms with Gasteiger partial charge in [0.1, 0.15) is 5.82 Å². The van der Waals surface area contributed by atoms with Crippen molar-refractivity contribution in [1.29, 1.82) is 0 Å². The van der Waals surface area contributed by atoms with Crippen molar-refractivity contribution in [2.24, 2.45) is 16.2 Å². The van der Waals surface area contributed by atoms with Gasteiger partial charge in [-0.2, -0.15) is 0 Å². The lowest BCUT2D eigenvalue weighted by molar-refractivity contribution is -0.131. The zero-order valence-corrected chi connectivity index (χ0v) is 31.2. The average molecular weight is 704 g/mol. The SMILES string of the molecule is C=C1CC2(CCCC2)CC/C(O)=C\C=C1c1ccc(-c2ccc3nc([C@@H]4CC5(CC5)CN4C(=O)Cc4ccccc4)[nH]c3c2)c2c1CC1(CCCC1)C2. The lowest BCUT2D eigenvalue weighted by Gasteiger charge is -2.30. The van der Waals surface area contributed by atoms with Crippen LogP contribution in [-0.2, 0) is 24.1 Å². The third kappa shape index (κ3) is 5.99. The van der Waals surface area contributed by atoms with E-state index < -0.39 is 0 Å². The molecule has 5 aliphatic carbocycles. The fraction of sp³-hybridized carbons (Fsp3) is 0.458. The van der Waals surface area contributed by atoms with Gasteiger partial charge in [0.25, 0.3) is 0 Å². The summed E-state index contributed by atoms with van der Waals surface area (Å²) in [4.78, 5) is 24.7. The van der Waals surface area contributed by atoms with E-state index in [4.69, 9.17) is 11.6 Å². The first-order valence-electron chi connectivity index (χ1n) is 20.6. The zero-order chi connectivity index (χ0) is 35.8. The van der Waals surface area contributed by atoms with Crippen LogP contribution in [0.5, 0.6) is 0 Å². The first-order chi connectivity index (χ1) is 25.8. The third-order valence-corrected chi connectivity index (χ3v) is 14.6. The molecular formula is C48H53N3O2. The fourth-order valence-corrected chi connectivity index (χ4v) is 11.5. The summed E-state index contributed by atoms with van der Waals surface area (Å²) in [6.07, 6.45) is 23.4. The summed E-state index contributed by atoms with van der Waals surface area (Å²) in [5, 5.41) is 10.9. The molecule has 2 heterocycles. The number of aromatic nitrogens is 2. The molecule has 3 spiro atoms. The van der Waals surface area contributed by atoms with Crippen LogP contribution in [0.15, 0.2) is 90.7 Å². The minimum Gasteiger partial charge on any atom is -0.512 e. The highest BCUT2D eigenvalue weighted by molar-refractivity contribution is 5.88. The molecule has 3 saturated carbocycles. The summed E-state index contributed by atoms with van der Waals surface area (Å²) in [7, 11) is 0. The summed E-state index contributed by atoms with van der Waals surface area (Å²) < 4.78 is 0. The lowest BCUT2D eigenvalue weighted by atomic mass is 9.74. The van der Waals surface area contributed by atoms with E-state index in [9.17, 15) is 9.90 Å². The molecule has 3 aromatic carbocycles. The highest BCUT2D eigenvalue weighted by Gasteiger charge is 2.54. The second-order valence-electron chi connectivity index (χ2n) is 18.2. The second kappa shape index (κ2) is 12.6. The normalized spacial score (nSPS) is 25.0. The Bertz CT molecular complexity index is 2170. The van der Waals surface area contributed by atoms with E-state index in [1.807, 2.05) is 24.3 Å². The molecule has 272 valence electrons. The lowest BCUT2D eigenvalue weighted by Crippen LogP contribution is -2.33. The van der Waals surface area contributed by atoms with E-state index in [0.29, 0.717) is 17.6 Å². The summed E-state index contributed by atoms with van der Waals surface area (Å²) in [5.41, 5.74) is 13.3. The van der Waals surface area contributed by atoms with Crippen LogP contribution in [-0.4, -0.2) is 32.4 Å². The minimum absolute atomic E-state index is 0.0125. The van der Waals surface area contributed by atoms with Crippen molar-refractivity contribution in [2.75, 3.05) is 6.54 Å². The highest BCUT2D eigenvalue weighted by atomic mass is 16.3. The Morgan fingerprint density at radius 1 is 0.811 bits per heavy atom. The number of likely N-dealkylation sites (tertiary alicyclic amines) is 1. The number of amides is 1. The van der Waals surface area contributed by atoms with Crippen LogP contribution in [0.2, 0.25) is 0 Å². The summed E-state index contributed by atoms with van der Waals surface area (Å²) in [5.74, 6) is 1.63. The largest absolute Gasteiger partial charge is 0.512 e. The van der Waals surface area contributed by atoms with Crippen molar-refractivity contribution in [3.05, 3.63) is 119 Å². The maximum Gasteiger partial charge on any atom is 0.227 e. The third-order valence-electron chi connectivity index (χ3n) is 14.6. The van der Waals surface area contributed by atoms with E-state index in [1.54, 1.807) is 0 Å². The van der Waals surface area contributed by atoms with Gasteiger partial charge in [-0.25, -0.2) is 4.98 Å². The molecule has 0 bridgehead atoms. The Hall–Kier alpha value is -4.38. The number of hydrogen-bond donors (Lipinski definition) is 2. The van der Waals surface area contributed by atoms with E-state index in [1.165, 1.54) is 103 Å². The molecular weight excluding hydrogens is 651 g/mol. The van der Waals surface area contributed by atoms with Gasteiger partial charge >= 0.3 is 0 Å². The van der Waals surface area contributed by atoms with Gasteiger partial charge in [0.15, 0.2) is 0 Å². The van der Waals surface area contributed by atoms with Crippen LogP contribution in [0.25, 0.3) is 27.7 Å². The zero-order valence-electron chi connectivity index (χ0n) is 31.2. The minimum atomic E-state index is -0.0125. The molecule has 1 aromatic heterocycles. The number of benzene rings is 3. The molecule has 10 rings (SSSR count). The van der Waals surface area contributed by atoms with Crippen molar-refractivity contribution in [3.8, 4) is 11.1 Å². The Labute approximate surface area is 314 Å². The van der Waals surface area contributed by atoms with Gasteiger partial charge in [0.05, 0.1) is 29.3 Å². The number of H-pyrrole nitrogens is 1. The number of aliphatic hydroxyl groups is 1. The molecule has 4 fully saturated rings. The first-order valence-corrected chi connectivity index (χ1v) is 20.6. The molecule has 0 radical (unpaired) electrons. The number of carbonyl (C=O) groups excluding carboxylic acids is 1. The van der Waals surface area contributed by atoms with Crippen molar-refractivity contribution >= 4 is 22.5 Å². The number of rotatable bonds is 5. The predicted molar refractivity (Wildman–Crippen MR) is 213 cm³/mol. The molecule has 4 aromatic rings. The van der Waals surface area contributed by atoms with Crippen LogP contribution in [0, 0.1) is 16.2 Å². The van der Waals surface area contributed by atoms with Crippen molar-refractivity contribution in [3.63, 3.8) is 0 Å². The number of aromatic amines is 1. The monoisotopic (exact) mass is 703 g/mol. The van der Waals surface area contributed by atoms with Gasteiger partial charge in [0.2, 0.25) is 5.91 Å². The topological polar surface area (TPSA) is 69.2 Å². The van der Waals surface area contributed by atoms with Gasteiger partial charge in [-0.1, -0.05) is 86.9 Å². The average Bonchev–Trinajstić information content (AvgIpc) is 3.75. The van der Waals surface area contributed by atoms with Gasteiger partial charge in [-0.05, 0) is 150 Å². The van der Waals surface area contributed by atoms with E-state index >= 15 is 0 Å². The first kappa shape index (κ1) is 33.2. The van der Waals surface area contributed by atoms with Gasteiger partial charge in [-0.3, -0.25) is 4.79 Å². The number of fused-ring (bicyclic) bond motifs is 2. The van der Waals surface area contributed by atoms with Gasteiger partial charge in [-0.15, -0.1) is 0 Å². The fourth-order valence-electron chi connectivity index (χ4n) is 11.5. The Kier molecular flexibility index (Phi) is 7.90. The van der Waals surface area contributed by atoms with Gasteiger partial charge in [0, 0.05) is 13.0 Å². The molecule has 0 unspecified atom stereocenters. The van der Waals surface area contributed by atoms with Crippen LogP contribution >= 0.6 is 0 Å². The number of nitrogens with one attached hydrogen (secondary N) is 1. The summed E-state index contributed by atoms with van der Waals surface area (Å²) >= 11 is 0. The number of imidazole rings is 1. The standard InChI is InChI=1S/C48H53N3O2/c1-32-27-46(18-5-6-19-46)22-17-35(52)12-13-36(32)38-15-14-37(39-28-47(29-40(38)39)20-7-8-21-47)34-11-16-41-42(26-34)50-45(49-41)43-30-48(23-24-48)31-51(43)44(53)25-33-9-3-2-4-10-33/h2-4,9-16,26,43,52H,1,5-8,17-25,27-31H2,(H,49,50)/b35-12+,36-13?/t43-/m0/s1. The molecule has 5 heteroatoms. The number of allylic oxidation sites excluding steroid dienone is 5. The molecule has 6 aliphatic rings. The van der Waals surface area contributed by atoms with Crippen LogP contribution in [0.3, 0.4) is 0 Å². The Balaban J connectivity index is 1.00. The van der Waals surface area contributed by atoms with E-state index in [-0.39, 0.29) is 22.8 Å². The highest BCUT2D eigenvalue weighted by Crippen LogP contribution is 2.59. The van der Waals surface area contributed by atoms with E-state index in [0.717, 1.165) is 67.5 Å². The number of aliphatic hydroxyl groups excluding tert-OH is 1. The molecule has 1 atom stereocenters. The molecule has 1 aliphatic heterocycles. The predicted octanol–water partition coefficient (Wildman–Crippen LogP) is 11.3.